The van der Waals surface area contributed by atoms with Gasteiger partial charge in [0.1, 0.15) is 5.82 Å². The normalized spacial score (nSPS) is 14.0. The molecule has 3 rings (SSSR count). The largest absolute Gasteiger partial charge is 0.326 e. The van der Waals surface area contributed by atoms with E-state index in [1.165, 1.54) is 12.1 Å². The Hall–Kier alpha value is -2.69. The standard InChI is InChI=1S/C19H19FN2O2/c20-15-9-6-14(7-10-15)8-11-18(23)21-16-3-1-4-17(13-16)22-12-2-5-19(22)24/h1,3-4,6-7,9-10,13H,2,5,8,11-12H2,(H,21,23). The fourth-order valence-corrected chi connectivity index (χ4v) is 2.81. The Morgan fingerprint density at radius 3 is 2.67 bits per heavy atom. The summed E-state index contributed by atoms with van der Waals surface area (Å²) in [5, 5.41) is 2.85. The zero-order valence-electron chi connectivity index (χ0n) is 13.3. The SMILES string of the molecule is O=C(CCc1ccc(F)cc1)Nc1cccc(N2CCCC2=O)c1. The molecule has 0 saturated carbocycles. The predicted octanol–water partition coefficient (Wildman–Crippen LogP) is 3.52. The van der Waals surface area contributed by atoms with E-state index in [9.17, 15) is 14.0 Å². The average Bonchev–Trinajstić information content (AvgIpc) is 3.01. The molecule has 124 valence electrons. The summed E-state index contributed by atoms with van der Waals surface area (Å²) < 4.78 is 12.9. The predicted molar refractivity (Wildman–Crippen MR) is 91.4 cm³/mol. The fourth-order valence-electron chi connectivity index (χ4n) is 2.81. The molecule has 2 aromatic rings. The van der Waals surface area contributed by atoms with E-state index in [1.54, 1.807) is 23.1 Å². The van der Waals surface area contributed by atoms with Crippen LogP contribution in [0.1, 0.15) is 24.8 Å². The summed E-state index contributed by atoms with van der Waals surface area (Å²) in [7, 11) is 0. The number of carbonyl (C=O) groups excluding carboxylic acids is 2. The molecule has 1 aliphatic rings. The Balaban J connectivity index is 1.58. The van der Waals surface area contributed by atoms with Gasteiger partial charge in [-0.25, -0.2) is 4.39 Å². The van der Waals surface area contributed by atoms with Crippen molar-refractivity contribution >= 4 is 23.2 Å². The third-order valence-electron chi connectivity index (χ3n) is 4.07. The van der Waals surface area contributed by atoms with Crippen molar-refractivity contribution in [2.75, 3.05) is 16.8 Å². The number of anilines is 2. The number of nitrogens with one attached hydrogen (secondary N) is 1. The Kier molecular flexibility index (Phi) is 4.89. The first-order valence-electron chi connectivity index (χ1n) is 8.06. The molecule has 5 heteroatoms. The molecule has 1 saturated heterocycles. The molecule has 0 spiro atoms. The molecule has 2 aromatic carbocycles. The van der Waals surface area contributed by atoms with Crippen LogP contribution < -0.4 is 10.2 Å². The second kappa shape index (κ2) is 7.25. The van der Waals surface area contributed by atoms with Gasteiger partial charge in [0.25, 0.3) is 0 Å². The van der Waals surface area contributed by atoms with E-state index in [2.05, 4.69) is 5.32 Å². The van der Waals surface area contributed by atoms with Crippen LogP contribution >= 0.6 is 0 Å². The summed E-state index contributed by atoms with van der Waals surface area (Å²) >= 11 is 0. The highest BCUT2D eigenvalue weighted by Gasteiger charge is 2.21. The van der Waals surface area contributed by atoms with Gasteiger partial charge in [-0.05, 0) is 48.7 Å². The van der Waals surface area contributed by atoms with Crippen molar-refractivity contribution < 1.29 is 14.0 Å². The number of hydrogen-bond donors (Lipinski definition) is 1. The zero-order chi connectivity index (χ0) is 16.9. The molecule has 0 aromatic heterocycles. The molecule has 1 N–H and O–H groups in total. The minimum absolute atomic E-state index is 0.107. The third kappa shape index (κ3) is 3.98. The molecule has 0 bridgehead atoms. The number of hydrogen-bond acceptors (Lipinski definition) is 2. The van der Waals surface area contributed by atoms with Gasteiger partial charge in [0.15, 0.2) is 0 Å². The van der Waals surface area contributed by atoms with E-state index in [0.717, 1.165) is 24.2 Å². The molecule has 0 aliphatic carbocycles. The highest BCUT2D eigenvalue weighted by Crippen LogP contribution is 2.24. The minimum Gasteiger partial charge on any atom is -0.326 e. The summed E-state index contributed by atoms with van der Waals surface area (Å²) in [4.78, 5) is 25.6. The quantitative estimate of drug-likeness (QED) is 0.914. The Morgan fingerprint density at radius 2 is 1.96 bits per heavy atom. The first-order valence-corrected chi connectivity index (χ1v) is 8.06. The van der Waals surface area contributed by atoms with Gasteiger partial charge >= 0.3 is 0 Å². The number of amides is 2. The molecule has 2 amide bonds. The molecule has 1 fully saturated rings. The van der Waals surface area contributed by atoms with E-state index < -0.39 is 0 Å². The second-order valence-electron chi connectivity index (χ2n) is 5.87. The van der Waals surface area contributed by atoms with E-state index in [4.69, 9.17) is 0 Å². The van der Waals surface area contributed by atoms with Gasteiger partial charge in [-0.15, -0.1) is 0 Å². The molecule has 4 nitrogen and oxygen atoms in total. The van der Waals surface area contributed by atoms with Gasteiger partial charge in [0.05, 0.1) is 0 Å². The summed E-state index contributed by atoms with van der Waals surface area (Å²) in [5.41, 5.74) is 2.41. The lowest BCUT2D eigenvalue weighted by Crippen LogP contribution is -2.23. The Bertz CT molecular complexity index is 743. The molecule has 1 aliphatic heterocycles. The summed E-state index contributed by atoms with van der Waals surface area (Å²) in [6, 6.07) is 13.5. The van der Waals surface area contributed by atoms with E-state index in [0.29, 0.717) is 24.9 Å². The lowest BCUT2D eigenvalue weighted by molar-refractivity contribution is -0.117. The monoisotopic (exact) mass is 326 g/mol. The fraction of sp³-hybridized carbons (Fsp3) is 0.263. The first kappa shape index (κ1) is 16.2. The highest BCUT2D eigenvalue weighted by molar-refractivity contribution is 5.97. The van der Waals surface area contributed by atoms with Crippen molar-refractivity contribution in [3.05, 3.63) is 59.9 Å². The topological polar surface area (TPSA) is 49.4 Å². The molecule has 1 heterocycles. The highest BCUT2D eigenvalue weighted by atomic mass is 19.1. The minimum atomic E-state index is -0.281. The Morgan fingerprint density at radius 1 is 1.17 bits per heavy atom. The number of carbonyl (C=O) groups is 2. The van der Waals surface area contributed by atoms with E-state index in [-0.39, 0.29) is 17.6 Å². The van der Waals surface area contributed by atoms with Crippen LogP contribution in [0.2, 0.25) is 0 Å². The van der Waals surface area contributed by atoms with Crippen molar-refractivity contribution in [1.82, 2.24) is 0 Å². The molecular weight excluding hydrogens is 307 g/mol. The maximum atomic E-state index is 12.9. The van der Waals surface area contributed by atoms with Gasteiger partial charge in [-0.3, -0.25) is 9.59 Å². The molecule has 0 unspecified atom stereocenters. The number of halogens is 1. The van der Waals surface area contributed by atoms with Crippen molar-refractivity contribution in [3.63, 3.8) is 0 Å². The maximum Gasteiger partial charge on any atom is 0.227 e. The lowest BCUT2D eigenvalue weighted by atomic mass is 10.1. The van der Waals surface area contributed by atoms with Crippen molar-refractivity contribution in [2.45, 2.75) is 25.7 Å². The summed E-state index contributed by atoms with van der Waals surface area (Å²) in [6.07, 6.45) is 2.32. The second-order valence-corrected chi connectivity index (χ2v) is 5.87. The summed E-state index contributed by atoms with van der Waals surface area (Å²) in [6.45, 7) is 0.723. The zero-order valence-corrected chi connectivity index (χ0v) is 13.3. The van der Waals surface area contributed by atoms with Crippen LogP contribution in [-0.4, -0.2) is 18.4 Å². The van der Waals surface area contributed by atoms with Crippen molar-refractivity contribution in [2.24, 2.45) is 0 Å². The Labute approximate surface area is 140 Å². The van der Waals surface area contributed by atoms with Gasteiger partial charge in [0.2, 0.25) is 11.8 Å². The van der Waals surface area contributed by atoms with Crippen LogP contribution in [0, 0.1) is 5.82 Å². The average molecular weight is 326 g/mol. The van der Waals surface area contributed by atoms with Crippen LogP contribution in [0.15, 0.2) is 48.5 Å². The van der Waals surface area contributed by atoms with E-state index in [1.807, 2.05) is 18.2 Å². The third-order valence-corrected chi connectivity index (χ3v) is 4.07. The molecular formula is C19H19FN2O2. The molecule has 0 atom stereocenters. The van der Waals surface area contributed by atoms with Crippen molar-refractivity contribution in [3.8, 4) is 0 Å². The number of nitrogens with zero attached hydrogens (tertiary/aromatic N) is 1. The van der Waals surface area contributed by atoms with Crippen LogP contribution in [0.4, 0.5) is 15.8 Å². The van der Waals surface area contributed by atoms with Gasteiger partial charge in [-0.2, -0.15) is 0 Å². The van der Waals surface area contributed by atoms with Crippen molar-refractivity contribution in [1.29, 1.82) is 0 Å². The van der Waals surface area contributed by atoms with Crippen LogP contribution in [-0.2, 0) is 16.0 Å². The van der Waals surface area contributed by atoms with Gasteiger partial charge in [-0.1, -0.05) is 18.2 Å². The van der Waals surface area contributed by atoms with Gasteiger partial charge in [0, 0.05) is 30.8 Å². The van der Waals surface area contributed by atoms with E-state index >= 15 is 0 Å². The van der Waals surface area contributed by atoms with Gasteiger partial charge < -0.3 is 10.2 Å². The number of rotatable bonds is 5. The number of aryl methyl sites for hydroxylation is 1. The smallest absolute Gasteiger partial charge is 0.227 e. The first-order chi connectivity index (χ1) is 11.6. The van der Waals surface area contributed by atoms with Crippen LogP contribution in [0.5, 0.6) is 0 Å². The lowest BCUT2D eigenvalue weighted by Gasteiger charge is -2.16. The molecule has 0 radical (unpaired) electrons. The van der Waals surface area contributed by atoms with Crippen LogP contribution in [0.3, 0.4) is 0 Å². The number of benzene rings is 2. The van der Waals surface area contributed by atoms with Crippen LogP contribution in [0.25, 0.3) is 0 Å². The molecule has 24 heavy (non-hydrogen) atoms. The summed E-state index contributed by atoms with van der Waals surface area (Å²) in [5.74, 6) is -0.268. The maximum absolute atomic E-state index is 12.9.